The summed E-state index contributed by atoms with van der Waals surface area (Å²) in [6, 6.07) is 6.11. The number of likely N-dealkylation sites (N-methyl/N-ethyl adjacent to an activating group) is 1. The van der Waals surface area contributed by atoms with Crippen molar-refractivity contribution in [1.82, 2.24) is 15.1 Å². The van der Waals surface area contributed by atoms with Crippen LogP contribution in [0.4, 0.5) is 0 Å². The molecule has 104 valence electrons. The summed E-state index contributed by atoms with van der Waals surface area (Å²) in [5.41, 5.74) is 0. The third-order valence-corrected chi connectivity index (χ3v) is 4.48. The van der Waals surface area contributed by atoms with Crippen LogP contribution in [0, 0.1) is 11.3 Å². The van der Waals surface area contributed by atoms with Crippen LogP contribution in [0.5, 0.6) is 0 Å². The maximum Gasteiger partial charge on any atom is 0.110 e. The van der Waals surface area contributed by atoms with Gasteiger partial charge in [0, 0.05) is 37.6 Å². The Kier molecular flexibility index (Phi) is 5.80. The van der Waals surface area contributed by atoms with Crippen molar-refractivity contribution < 1.29 is 0 Å². The van der Waals surface area contributed by atoms with Crippen molar-refractivity contribution >= 4 is 11.3 Å². The molecule has 0 saturated carbocycles. The van der Waals surface area contributed by atoms with Gasteiger partial charge in [-0.15, -0.1) is 11.3 Å². The van der Waals surface area contributed by atoms with E-state index in [2.05, 4.69) is 28.2 Å². The first-order chi connectivity index (χ1) is 9.28. The van der Waals surface area contributed by atoms with Crippen molar-refractivity contribution in [1.29, 1.82) is 5.26 Å². The molecule has 1 aromatic rings. The summed E-state index contributed by atoms with van der Waals surface area (Å²) in [6.07, 6.45) is 1.19. The zero-order valence-electron chi connectivity index (χ0n) is 11.6. The molecule has 1 aliphatic rings. The van der Waals surface area contributed by atoms with Crippen molar-refractivity contribution in [3.05, 3.63) is 21.9 Å². The molecular formula is C14H22N4S. The molecule has 0 radical (unpaired) electrons. The molecule has 0 atom stereocenters. The average molecular weight is 278 g/mol. The van der Waals surface area contributed by atoms with Gasteiger partial charge in [0.25, 0.3) is 0 Å². The minimum absolute atomic E-state index is 0.800. The topological polar surface area (TPSA) is 42.3 Å². The smallest absolute Gasteiger partial charge is 0.110 e. The second-order valence-electron chi connectivity index (χ2n) is 5.05. The zero-order valence-corrected chi connectivity index (χ0v) is 12.4. The van der Waals surface area contributed by atoms with Crippen LogP contribution in [-0.4, -0.2) is 56.1 Å². The minimum Gasteiger partial charge on any atom is -0.312 e. The van der Waals surface area contributed by atoms with E-state index in [0.717, 1.165) is 18.0 Å². The number of hydrogen-bond acceptors (Lipinski definition) is 5. The zero-order chi connectivity index (χ0) is 13.5. The third kappa shape index (κ3) is 4.92. The van der Waals surface area contributed by atoms with Crippen LogP contribution >= 0.6 is 11.3 Å². The van der Waals surface area contributed by atoms with Gasteiger partial charge in [0.2, 0.25) is 0 Å². The Morgan fingerprint density at radius 1 is 1.32 bits per heavy atom. The molecule has 19 heavy (non-hydrogen) atoms. The van der Waals surface area contributed by atoms with Crippen molar-refractivity contribution in [2.24, 2.45) is 0 Å². The Labute approximate surface area is 119 Å². The molecule has 1 fully saturated rings. The van der Waals surface area contributed by atoms with Crippen molar-refractivity contribution in [3.63, 3.8) is 0 Å². The maximum absolute atomic E-state index is 8.75. The fraction of sp³-hybridized carbons (Fsp3) is 0.643. The summed E-state index contributed by atoms with van der Waals surface area (Å²) >= 11 is 1.58. The van der Waals surface area contributed by atoms with E-state index in [1.807, 2.05) is 12.1 Å². The van der Waals surface area contributed by atoms with Crippen LogP contribution in [0.15, 0.2) is 12.1 Å². The summed E-state index contributed by atoms with van der Waals surface area (Å²) in [7, 11) is 2.19. The molecule has 0 bridgehead atoms. The number of nitriles is 1. The molecule has 4 nitrogen and oxygen atoms in total. The Balaban J connectivity index is 1.54. The minimum atomic E-state index is 0.800. The van der Waals surface area contributed by atoms with Gasteiger partial charge in [-0.3, -0.25) is 0 Å². The standard InChI is InChI=1S/C14H22N4S/c1-17-7-9-18(10-8-17)6-2-5-16-12-14-4-3-13(11-15)19-14/h3-4,16H,2,5-10,12H2,1H3. The van der Waals surface area contributed by atoms with Gasteiger partial charge in [-0.1, -0.05) is 0 Å². The lowest BCUT2D eigenvalue weighted by molar-refractivity contribution is 0.153. The second-order valence-corrected chi connectivity index (χ2v) is 6.22. The number of nitrogens with zero attached hydrogens (tertiary/aromatic N) is 3. The molecule has 1 aromatic heterocycles. The van der Waals surface area contributed by atoms with Crippen molar-refractivity contribution in [2.75, 3.05) is 46.3 Å². The van der Waals surface area contributed by atoms with Gasteiger partial charge in [0.15, 0.2) is 0 Å². The molecule has 2 rings (SSSR count). The fourth-order valence-corrected chi connectivity index (χ4v) is 3.02. The normalized spacial score (nSPS) is 17.5. The highest BCUT2D eigenvalue weighted by molar-refractivity contribution is 7.12. The van der Waals surface area contributed by atoms with Gasteiger partial charge in [-0.2, -0.15) is 5.26 Å². The van der Waals surface area contributed by atoms with Gasteiger partial charge in [0.1, 0.15) is 10.9 Å². The molecule has 5 heteroatoms. The van der Waals surface area contributed by atoms with Gasteiger partial charge >= 0.3 is 0 Å². The molecular weight excluding hydrogens is 256 g/mol. The lowest BCUT2D eigenvalue weighted by Crippen LogP contribution is -2.45. The second kappa shape index (κ2) is 7.61. The molecule has 0 spiro atoms. The fourth-order valence-electron chi connectivity index (χ4n) is 2.24. The molecule has 1 saturated heterocycles. The van der Waals surface area contributed by atoms with E-state index in [0.29, 0.717) is 0 Å². The number of thiophene rings is 1. The molecule has 0 aromatic carbocycles. The largest absolute Gasteiger partial charge is 0.312 e. The lowest BCUT2D eigenvalue weighted by atomic mass is 10.3. The van der Waals surface area contributed by atoms with Crippen LogP contribution in [0.2, 0.25) is 0 Å². The van der Waals surface area contributed by atoms with E-state index in [9.17, 15) is 0 Å². The summed E-state index contributed by atoms with van der Waals surface area (Å²) in [5.74, 6) is 0. The first-order valence-corrected chi connectivity index (χ1v) is 7.70. The predicted molar refractivity (Wildman–Crippen MR) is 79.3 cm³/mol. The monoisotopic (exact) mass is 278 g/mol. The van der Waals surface area contributed by atoms with Gasteiger partial charge in [-0.25, -0.2) is 0 Å². The highest BCUT2D eigenvalue weighted by Gasteiger charge is 2.12. The van der Waals surface area contributed by atoms with Crippen molar-refractivity contribution in [3.8, 4) is 6.07 Å². The number of piperazine rings is 1. The van der Waals surface area contributed by atoms with Gasteiger partial charge < -0.3 is 15.1 Å². The molecule has 1 N–H and O–H groups in total. The van der Waals surface area contributed by atoms with Crippen LogP contribution in [-0.2, 0) is 6.54 Å². The first kappa shape index (κ1) is 14.5. The highest BCUT2D eigenvalue weighted by Crippen LogP contribution is 2.14. The van der Waals surface area contributed by atoms with Crippen LogP contribution in [0.3, 0.4) is 0 Å². The summed E-state index contributed by atoms with van der Waals surface area (Å²) in [5, 5.41) is 12.2. The quantitative estimate of drug-likeness (QED) is 0.798. The Bertz CT molecular complexity index is 415. The van der Waals surface area contributed by atoms with Crippen LogP contribution in [0.25, 0.3) is 0 Å². The molecule has 0 aliphatic carbocycles. The number of rotatable bonds is 6. The van der Waals surface area contributed by atoms with E-state index >= 15 is 0 Å². The van der Waals surface area contributed by atoms with Gasteiger partial charge in [-0.05, 0) is 38.7 Å². The van der Waals surface area contributed by atoms with E-state index < -0.39 is 0 Å². The van der Waals surface area contributed by atoms with Crippen LogP contribution < -0.4 is 5.32 Å². The predicted octanol–water partition coefficient (Wildman–Crippen LogP) is 1.35. The molecule has 1 aliphatic heterocycles. The van der Waals surface area contributed by atoms with Crippen LogP contribution in [0.1, 0.15) is 16.2 Å². The third-order valence-electron chi connectivity index (χ3n) is 3.49. The summed E-state index contributed by atoms with van der Waals surface area (Å²) in [4.78, 5) is 6.98. The Hall–Kier alpha value is -0.930. The highest BCUT2D eigenvalue weighted by atomic mass is 32.1. The maximum atomic E-state index is 8.75. The summed E-state index contributed by atoms with van der Waals surface area (Å²) < 4.78 is 0. The Morgan fingerprint density at radius 2 is 2.11 bits per heavy atom. The lowest BCUT2D eigenvalue weighted by Gasteiger charge is -2.32. The molecule has 0 amide bonds. The van der Waals surface area contributed by atoms with Crippen molar-refractivity contribution in [2.45, 2.75) is 13.0 Å². The number of nitrogens with one attached hydrogen (secondary N) is 1. The average Bonchev–Trinajstić information content (AvgIpc) is 2.88. The van der Waals surface area contributed by atoms with E-state index in [4.69, 9.17) is 5.26 Å². The first-order valence-electron chi connectivity index (χ1n) is 6.88. The van der Waals surface area contributed by atoms with Gasteiger partial charge in [0.05, 0.1) is 0 Å². The van der Waals surface area contributed by atoms with E-state index in [1.54, 1.807) is 11.3 Å². The van der Waals surface area contributed by atoms with E-state index in [-0.39, 0.29) is 0 Å². The van der Waals surface area contributed by atoms with E-state index in [1.165, 1.54) is 44.0 Å². The Morgan fingerprint density at radius 3 is 2.79 bits per heavy atom. The molecule has 0 unspecified atom stereocenters. The number of hydrogen-bond donors (Lipinski definition) is 1. The summed E-state index contributed by atoms with van der Waals surface area (Å²) in [6.45, 7) is 7.91. The molecule has 2 heterocycles. The SMILES string of the molecule is CN1CCN(CCCNCc2ccc(C#N)s2)CC1.